The number of aldehydes is 1. The zero-order valence-corrected chi connectivity index (χ0v) is 9.42. The number of hydrogen-bond donors (Lipinski definition) is 0. The number of carbonyl (C=O) groups is 1. The Labute approximate surface area is 86.6 Å². The minimum atomic E-state index is 0.180. The number of carbonyl (C=O) groups excluding carboxylic acids is 1. The van der Waals surface area contributed by atoms with Crippen LogP contribution in [0.4, 0.5) is 0 Å². The molecule has 0 spiro atoms. The Hall–Kier alpha value is -0.590. The molecule has 0 aromatic carbocycles. The zero-order chi connectivity index (χ0) is 10.4. The maximum atomic E-state index is 11.2. The molecule has 14 heavy (non-hydrogen) atoms. The van der Waals surface area contributed by atoms with Gasteiger partial charge in [-0.25, -0.2) is 0 Å². The molecule has 1 nitrogen and oxygen atoms in total. The van der Waals surface area contributed by atoms with E-state index < -0.39 is 0 Å². The van der Waals surface area contributed by atoms with Crippen LogP contribution in [0.2, 0.25) is 0 Å². The predicted octanol–water partition coefficient (Wildman–Crippen LogP) is 3.20. The van der Waals surface area contributed by atoms with E-state index in [9.17, 15) is 4.79 Å². The predicted molar refractivity (Wildman–Crippen MR) is 57.9 cm³/mol. The van der Waals surface area contributed by atoms with E-state index >= 15 is 0 Å². The third-order valence-electron chi connectivity index (χ3n) is 4.54. The fraction of sp³-hybridized carbons (Fsp3) is 0.769. The topological polar surface area (TPSA) is 17.1 Å². The molecule has 0 radical (unpaired) electrons. The van der Waals surface area contributed by atoms with Crippen LogP contribution in [-0.2, 0) is 4.79 Å². The summed E-state index contributed by atoms with van der Waals surface area (Å²) in [6, 6.07) is 0. The molecule has 0 aromatic rings. The molecule has 0 heterocycles. The first-order chi connectivity index (χ1) is 6.52. The summed E-state index contributed by atoms with van der Waals surface area (Å²) in [5.74, 6) is 0.838. The van der Waals surface area contributed by atoms with Crippen molar-refractivity contribution in [2.24, 2.45) is 22.7 Å². The van der Waals surface area contributed by atoms with Crippen molar-refractivity contribution in [2.75, 3.05) is 0 Å². The van der Waals surface area contributed by atoms with Crippen molar-refractivity contribution in [1.29, 1.82) is 0 Å². The van der Waals surface area contributed by atoms with Crippen LogP contribution in [0.1, 0.15) is 40.0 Å². The molecule has 78 valence electrons. The Balaban J connectivity index is 2.40. The van der Waals surface area contributed by atoms with Crippen molar-refractivity contribution in [3.63, 3.8) is 0 Å². The molecule has 0 saturated heterocycles. The Kier molecular flexibility index (Phi) is 2.09. The molecule has 3 atom stereocenters. The van der Waals surface area contributed by atoms with Crippen molar-refractivity contribution in [3.05, 3.63) is 12.2 Å². The lowest BCUT2D eigenvalue weighted by Gasteiger charge is -2.53. The van der Waals surface area contributed by atoms with Crippen LogP contribution in [0.3, 0.4) is 0 Å². The van der Waals surface area contributed by atoms with Crippen molar-refractivity contribution >= 4 is 6.29 Å². The van der Waals surface area contributed by atoms with Gasteiger partial charge in [0.15, 0.2) is 0 Å². The molecule has 1 fully saturated rings. The van der Waals surface area contributed by atoms with E-state index in [-0.39, 0.29) is 11.3 Å². The lowest BCUT2D eigenvalue weighted by molar-refractivity contribution is -0.119. The molecule has 0 amide bonds. The highest BCUT2D eigenvalue weighted by Gasteiger charge is 2.50. The molecular formula is C13H20O. The van der Waals surface area contributed by atoms with Gasteiger partial charge in [-0.15, -0.1) is 0 Å². The first-order valence-electron chi connectivity index (χ1n) is 5.68. The molecule has 1 saturated carbocycles. The second-order valence-electron chi connectivity index (χ2n) is 5.70. The van der Waals surface area contributed by atoms with Gasteiger partial charge >= 0.3 is 0 Å². The van der Waals surface area contributed by atoms with E-state index in [1.54, 1.807) is 0 Å². The lowest BCUT2D eigenvalue weighted by atomic mass is 9.51. The smallest absolute Gasteiger partial charge is 0.123 e. The van der Waals surface area contributed by atoms with Crippen molar-refractivity contribution in [1.82, 2.24) is 0 Å². The number of fused-ring (bicyclic) bond motifs is 2. The van der Waals surface area contributed by atoms with Crippen molar-refractivity contribution in [3.8, 4) is 0 Å². The second-order valence-corrected chi connectivity index (χ2v) is 5.70. The van der Waals surface area contributed by atoms with Gasteiger partial charge in [0, 0.05) is 5.92 Å². The largest absolute Gasteiger partial charge is 0.303 e. The van der Waals surface area contributed by atoms with E-state index in [4.69, 9.17) is 0 Å². The average molecular weight is 192 g/mol. The van der Waals surface area contributed by atoms with E-state index in [0.717, 1.165) is 6.42 Å². The lowest BCUT2D eigenvalue weighted by Crippen LogP contribution is -2.46. The Morgan fingerprint density at radius 1 is 1.36 bits per heavy atom. The fourth-order valence-electron chi connectivity index (χ4n) is 3.28. The van der Waals surface area contributed by atoms with Gasteiger partial charge in [-0.1, -0.05) is 32.9 Å². The summed E-state index contributed by atoms with van der Waals surface area (Å²) < 4.78 is 0. The summed E-state index contributed by atoms with van der Waals surface area (Å²) in [6.07, 6.45) is 9.40. The molecule has 3 aliphatic rings. The normalized spacial score (nSPS) is 45.9. The second kappa shape index (κ2) is 2.95. The van der Waals surface area contributed by atoms with Gasteiger partial charge in [0.05, 0.1) is 0 Å². The quantitative estimate of drug-likeness (QED) is 0.485. The van der Waals surface area contributed by atoms with Crippen LogP contribution in [0.25, 0.3) is 0 Å². The Bertz CT molecular complexity index is 279. The maximum Gasteiger partial charge on any atom is 0.123 e. The van der Waals surface area contributed by atoms with E-state index in [0.29, 0.717) is 11.3 Å². The molecule has 1 heteroatoms. The minimum Gasteiger partial charge on any atom is -0.303 e. The summed E-state index contributed by atoms with van der Waals surface area (Å²) >= 11 is 0. The van der Waals surface area contributed by atoms with Crippen LogP contribution >= 0.6 is 0 Å². The molecule has 2 bridgehead atoms. The van der Waals surface area contributed by atoms with Gasteiger partial charge in [-0.3, -0.25) is 0 Å². The monoisotopic (exact) mass is 192 g/mol. The van der Waals surface area contributed by atoms with Crippen LogP contribution in [0, 0.1) is 22.7 Å². The van der Waals surface area contributed by atoms with Crippen molar-refractivity contribution < 1.29 is 4.79 Å². The van der Waals surface area contributed by atoms with Gasteiger partial charge < -0.3 is 4.79 Å². The first kappa shape index (κ1) is 9.95. The van der Waals surface area contributed by atoms with Crippen LogP contribution in [-0.4, -0.2) is 6.29 Å². The van der Waals surface area contributed by atoms with E-state index in [2.05, 4.69) is 32.9 Å². The molecule has 0 aliphatic heterocycles. The van der Waals surface area contributed by atoms with Crippen molar-refractivity contribution in [2.45, 2.75) is 40.0 Å². The van der Waals surface area contributed by atoms with E-state index in [1.165, 1.54) is 19.1 Å². The maximum absolute atomic E-state index is 11.2. The number of hydrogen-bond acceptors (Lipinski definition) is 1. The highest BCUT2D eigenvalue weighted by atomic mass is 16.1. The number of allylic oxidation sites excluding steroid dienone is 2. The van der Waals surface area contributed by atoms with Gasteiger partial charge in [0.25, 0.3) is 0 Å². The van der Waals surface area contributed by atoms with Gasteiger partial charge in [0.1, 0.15) is 6.29 Å². The summed E-state index contributed by atoms with van der Waals surface area (Å²) in [5.41, 5.74) is 0.488. The number of rotatable bonds is 2. The minimum absolute atomic E-state index is 0.180. The summed E-state index contributed by atoms with van der Waals surface area (Å²) in [7, 11) is 0. The van der Waals surface area contributed by atoms with Crippen LogP contribution < -0.4 is 0 Å². The summed E-state index contributed by atoms with van der Waals surface area (Å²) in [5, 5.41) is 0. The highest BCUT2D eigenvalue weighted by Crippen LogP contribution is 2.57. The van der Waals surface area contributed by atoms with Crippen LogP contribution in [0.15, 0.2) is 12.2 Å². The van der Waals surface area contributed by atoms with Gasteiger partial charge in [0.2, 0.25) is 0 Å². The molecule has 0 aromatic heterocycles. The summed E-state index contributed by atoms with van der Waals surface area (Å²) in [6.45, 7) is 6.77. The molecule has 3 unspecified atom stereocenters. The van der Waals surface area contributed by atoms with Gasteiger partial charge in [-0.2, -0.15) is 0 Å². The average Bonchev–Trinajstić information content (AvgIpc) is 2.17. The molecular weight excluding hydrogens is 172 g/mol. The SMILES string of the molecule is CC(C)C12C=CC(C)(CC1)CC2C=O. The van der Waals surface area contributed by atoms with Crippen LogP contribution in [0.5, 0.6) is 0 Å². The molecule has 3 aliphatic carbocycles. The Morgan fingerprint density at radius 2 is 2.07 bits per heavy atom. The Morgan fingerprint density at radius 3 is 2.50 bits per heavy atom. The molecule has 3 rings (SSSR count). The molecule has 0 N–H and O–H groups in total. The zero-order valence-electron chi connectivity index (χ0n) is 9.42. The van der Waals surface area contributed by atoms with Gasteiger partial charge in [-0.05, 0) is 36.0 Å². The fourth-order valence-corrected chi connectivity index (χ4v) is 3.28. The highest BCUT2D eigenvalue weighted by molar-refractivity contribution is 5.58. The third kappa shape index (κ3) is 1.18. The standard InChI is InChI=1S/C13H20O/c1-10(2)13-6-4-12(3,5-7-13)8-11(13)9-14/h4,6,9-11H,5,7-8H2,1-3H3. The first-order valence-corrected chi connectivity index (χ1v) is 5.68. The van der Waals surface area contributed by atoms with E-state index in [1.807, 2.05) is 0 Å². The third-order valence-corrected chi connectivity index (χ3v) is 4.54. The summed E-state index contributed by atoms with van der Waals surface area (Å²) in [4.78, 5) is 11.2.